The van der Waals surface area contributed by atoms with Crippen molar-refractivity contribution in [1.82, 2.24) is 10.2 Å². The molecule has 0 radical (unpaired) electrons. The Morgan fingerprint density at radius 3 is 2.81 bits per heavy atom. The van der Waals surface area contributed by atoms with Gasteiger partial charge in [-0.15, -0.1) is 0 Å². The third-order valence-corrected chi connectivity index (χ3v) is 2.82. The number of amides is 1. The Morgan fingerprint density at radius 1 is 1.48 bits per heavy atom. The second-order valence-electron chi connectivity index (χ2n) is 4.23. The van der Waals surface area contributed by atoms with Crippen LogP contribution in [0, 0.1) is 22.7 Å². The molecule has 1 rings (SSSR count). The Kier molecular flexibility index (Phi) is 6.72. The number of rotatable bonds is 6. The predicted octanol–water partition coefficient (Wildman–Crippen LogP) is -0.702. The summed E-state index contributed by atoms with van der Waals surface area (Å²) in [5.74, 6) is -0.876. The number of esters is 1. The van der Waals surface area contributed by atoms with Gasteiger partial charge in [-0.05, 0) is 0 Å². The summed E-state index contributed by atoms with van der Waals surface area (Å²) in [5.41, 5.74) is -0.123. The zero-order valence-electron chi connectivity index (χ0n) is 11.7. The summed E-state index contributed by atoms with van der Waals surface area (Å²) in [6.45, 7) is 1.18. The predicted molar refractivity (Wildman–Crippen MR) is 70.3 cm³/mol. The van der Waals surface area contributed by atoms with E-state index in [0.717, 1.165) is 0 Å². The molecule has 0 aromatic carbocycles. The van der Waals surface area contributed by atoms with E-state index in [1.165, 1.54) is 18.2 Å². The fourth-order valence-electron chi connectivity index (χ4n) is 1.80. The van der Waals surface area contributed by atoms with E-state index in [0.29, 0.717) is 13.1 Å². The summed E-state index contributed by atoms with van der Waals surface area (Å²) in [4.78, 5) is 25.0. The molecule has 1 fully saturated rings. The molecule has 0 aliphatic carbocycles. The lowest BCUT2D eigenvalue weighted by Crippen LogP contribution is -2.54. The smallest absolute Gasteiger partial charge is 0.308 e. The van der Waals surface area contributed by atoms with Crippen LogP contribution in [0.15, 0.2) is 11.8 Å². The largest absolute Gasteiger partial charge is 0.463 e. The maximum atomic E-state index is 11.8. The maximum Gasteiger partial charge on any atom is 0.308 e. The van der Waals surface area contributed by atoms with E-state index in [1.807, 2.05) is 0 Å². The molecule has 112 valence electrons. The van der Waals surface area contributed by atoms with Gasteiger partial charge in [0.1, 0.15) is 30.4 Å². The summed E-state index contributed by atoms with van der Waals surface area (Å²) < 4.78 is 9.68. The molecule has 8 heteroatoms. The molecule has 0 aromatic heterocycles. The normalized spacial score (nSPS) is 17.2. The van der Waals surface area contributed by atoms with Crippen molar-refractivity contribution in [3.8, 4) is 12.1 Å². The molecule has 0 aromatic rings. The van der Waals surface area contributed by atoms with Crippen LogP contribution in [-0.4, -0.2) is 56.2 Å². The number of nitrogens with one attached hydrogen (secondary N) is 1. The molecular formula is C13H16N4O4. The third-order valence-electron chi connectivity index (χ3n) is 2.82. The number of piperazine rings is 1. The lowest BCUT2D eigenvalue weighted by molar-refractivity contribution is -0.148. The van der Waals surface area contributed by atoms with Gasteiger partial charge in [-0.1, -0.05) is 0 Å². The Bertz CT molecular complexity index is 487. The van der Waals surface area contributed by atoms with Gasteiger partial charge in [0.25, 0.3) is 0 Å². The molecule has 1 unspecified atom stereocenters. The zero-order chi connectivity index (χ0) is 15.7. The summed E-state index contributed by atoms with van der Waals surface area (Å²) >= 11 is 0. The van der Waals surface area contributed by atoms with Crippen molar-refractivity contribution < 1.29 is 19.1 Å². The molecule has 0 bridgehead atoms. The lowest BCUT2D eigenvalue weighted by Gasteiger charge is -2.33. The zero-order valence-corrected chi connectivity index (χ0v) is 11.7. The van der Waals surface area contributed by atoms with Crippen molar-refractivity contribution in [1.29, 1.82) is 10.5 Å². The number of hydrogen-bond donors (Lipinski definition) is 1. The van der Waals surface area contributed by atoms with Gasteiger partial charge in [0.15, 0.2) is 0 Å². The van der Waals surface area contributed by atoms with Crippen LogP contribution in [0.5, 0.6) is 0 Å². The van der Waals surface area contributed by atoms with Crippen LogP contribution < -0.4 is 5.32 Å². The van der Waals surface area contributed by atoms with Crippen molar-refractivity contribution in [3.63, 3.8) is 0 Å². The standard InChI is InChI=1S/C13H16N4O4/c1-20-4-5-21-12(18)6-11-13(19)16-2-3-17(11)9-10(7-14)8-15/h9,11H,2-6H2,1H3,(H,16,19). The van der Waals surface area contributed by atoms with Crippen LogP contribution in [0.4, 0.5) is 0 Å². The first-order valence-electron chi connectivity index (χ1n) is 6.32. The molecule has 1 heterocycles. The Morgan fingerprint density at radius 2 is 2.19 bits per heavy atom. The number of ether oxygens (including phenoxy) is 2. The van der Waals surface area contributed by atoms with E-state index in [9.17, 15) is 9.59 Å². The molecule has 1 atom stereocenters. The maximum absolute atomic E-state index is 11.8. The number of methoxy groups -OCH3 is 1. The Hall–Kier alpha value is -2.58. The van der Waals surface area contributed by atoms with E-state index in [-0.39, 0.29) is 31.1 Å². The third kappa shape index (κ3) is 5.13. The molecule has 21 heavy (non-hydrogen) atoms. The van der Waals surface area contributed by atoms with Crippen molar-refractivity contribution >= 4 is 11.9 Å². The van der Waals surface area contributed by atoms with Crippen molar-refractivity contribution in [2.45, 2.75) is 12.5 Å². The monoisotopic (exact) mass is 292 g/mol. The van der Waals surface area contributed by atoms with Crippen LogP contribution >= 0.6 is 0 Å². The molecule has 8 nitrogen and oxygen atoms in total. The average molecular weight is 292 g/mol. The van der Waals surface area contributed by atoms with Crippen LogP contribution in [0.1, 0.15) is 6.42 Å². The lowest BCUT2D eigenvalue weighted by atomic mass is 10.1. The molecule has 1 aliphatic heterocycles. The Labute approximate surface area is 122 Å². The minimum absolute atomic E-state index is 0.112. The molecule has 1 saturated heterocycles. The fourth-order valence-corrected chi connectivity index (χ4v) is 1.80. The summed E-state index contributed by atoms with van der Waals surface area (Å²) in [6.07, 6.45) is 1.14. The van der Waals surface area contributed by atoms with Crippen LogP contribution in [0.25, 0.3) is 0 Å². The number of carbonyl (C=O) groups is 2. The summed E-state index contributed by atoms with van der Waals surface area (Å²) in [5, 5.41) is 20.2. The van der Waals surface area contributed by atoms with Crippen molar-refractivity contribution in [3.05, 3.63) is 11.8 Å². The summed E-state index contributed by atoms with van der Waals surface area (Å²) in [7, 11) is 1.49. The highest BCUT2D eigenvalue weighted by Gasteiger charge is 2.30. The second-order valence-corrected chi connectivity index (χ2v) is 4.23. The van der Waals surface area contributed by atoms with Crippen LogP contribution in [-0.2, 0) is 19.1 Å². The SMILES string of the molecule is COCCOC(=O)CC1C(=O)NCCN1C=C(C#N)C#N. The molecule has 1 N–H and O–H groups in total. The Balaban J connectivity index is 2.72. The molecule has 0 saturated carbocycles. The van der Waals surface area contributed by atoms with E-state index >= 15 is 0 Å². The average Bonchev–Trinajstić information content (AvgIpc) is 2.48. The minimum atomic E-state index is -0.787. The van der Waals surface area contributed by atoms with Gasteiger partial charge in [0.05, 0.1) is 13.0 Å². The second kappa shape index (κ2) is 8.56. The van der Waals surface area contributed by atoms with Gasteiger partial charge >= 0.3 is 5.97 Å². The van der Waals surface area contributed by atoms with Crippen LogP contribution in [0.2, 0.25) is 0 Å². The van der Waals surface area contributed by atoms with Crippen molar-refractivity contribution in [2.75, 3.05) is 33.4 Å². The summed E-state index contributed by atoms with van der Waals surface area (Å²) in [6, 6.07) is 2.66. The number of hydrogen-bond acceptors (Lipinski definition) is 7. The first kappa shape index (κ1) is 16.5. The van der Waals surface area contributed by atoms with E-state index in [4.69, 9.17) is 20.0 Å². The highest BCUT2D eigenvalue weighted by atomic mass is 16.6. The quantitative estimate of drug-likeness (QED) is 0.391. The van der Waals surface area contributed by atoms with Gasteiger partial charge in [-0.25, -0.2) is 0 Å². The van der Waals surface area contributed by atoms with Gasteiger partial charge in [-0.2, -0.15) is 10.5 Å². The van der Waals surface area contributed by atoms with Gasteiger partial charge in [-0.3, -0.25) is 9.59 Å². The van der Waals surface area contributed by atoms with E-state index < -0.39 is 12.0 Å². The first-order valence-corrected chi connectivity index (χ1v) is 6.32. The van der Waals surface area contributed by atoms with Gasteiger partial charge in [0.2, 0.25) is 5.91 Å². The van der Waals surface area contributed by atoms with E-state index in [1.54, 1.807) is 12.1 Å². The molecule has 1 aliphatic rings. The number of nitriles is 2. The molecule has 1 amide bonds. The molecule has 0 spiro atoms. The fraction of sp³-hybridized carbons (Fsp3) is 0.538. The topological polar surface area (TPSA) is 115 Å². The van der Waals surface area contributed by atoms with E-state index in [2.05, 4.69) is 5.32 Å². The highest BCUT2D eigenvalue weighted by Crippen LogP contribution is 2.12. The van der Waals surface area contributed by atoms with Gasteiger partial charge < -0.3 is 19.7 Å². The molecular weight excluding hydrogens is 276 g/mol. The number of carbonyl (C=O) groups excluding carboxylic acids is 2. The number of nitrogens with zero attached hydrogens (tertiary/aromatic N) is 3. The van der Waals surface area contributed by atoms with Crippen molar-refractivity contribution in [2.24, 2.45) is 0 Å². The van der Waals surface area contributed by atoms with Gasteiger partial charge in [0, 0.05) is 26.4 Å². The highest BCUT2D eigenvalue weighted by molar-refractivity contribution is 5.87. The first-order chi connectivity index (χ1) is 10.1. The minimum Gasteiger partial charge on any atom is -0.463 e. The number of allylic oxidation sites excluding steroid dienone is 1. The van der Waals surface area contributed by atoms with Crippen LogP contribution in [0.3, 0.4) is 0 Å².